The van der Waals surface area contributed by atoms with E-state index in [1.165, 1.54) is 10.5 Å². The van der Waals surface area contributed by atoms with Crippen molar-refractivity contribution < 1.29 is 9.59 Å². The molecule has 0 aromatic carbocycles. The Morgan fingerprint density at radius 3 is 2.07 bits per heavy atom. The number of carbonyl (C=O) groups is 2. The summed E-state index contributed by atoms with van der Waals surface area (Å²) in [6.45, 7) is 6.31. The van der Waals surface area contributed by atoms with Crippen LogP contribution in [0.4, 0.5) is 0 Å². The van der Waals surface area contributed by atoms with Gasteiger partial charge in [-0.05, 0) is 24.8 Å². The quantitative estimate of drug-likeness (QED) is 0.622. The zero-order valence-corrected chi connectivity index (χ0v) is 10.3. The molecule has 0 saturated heterocycles. The minimum absolute atomic E-state index is 0.204. The van der Waals surface area contributed by atoms with Crippen LogP contribution in [0.15, 0.2) is 11.6 Å². The largest absolute Gasteiger partial charge is 0.351 e. The minimum Gasteiger partial charge on any atom is -0.351 e. The van der Waals surface area contributed by atoms with Gasteiger partial charge in [-0.2, -0.15) is 0 Å². The lowest BCUT2D eigenvalue weighted by Gasteiger charge is -2.27. The summed E-state index contributed by atoms with van der Waals surface area (Å²) in [4.78, 5) is 21.9. The predicted molar refractivity (Wildman–Crippen MR) is 61.5 cm³/mol. The normalized spacial score (nSPS) is 18.5. The Bertz CT molecular complexity index is 265. The van der Waals surface area contributed by atoms with Crippen molar-refractivity contribution in [2.45, 2.75) is 33.6 Å². The number of amides is 1. The lowest BCUT2D eigenvalue weighted by Crippen LogP contribution is -2.20. The molecule has 1 aliphatic carbocycles. The van der Waals surface area contributed by atoms with Crippen LogP contribution in [0.25, 0.3) is 0 Å². The van der Waals surface area contributed by atoms with Gasteiger partial charge in [0.2, 0.25) is 6.41 Å². The second kappa shape index (κ2) is 5.69. The summed E-state index contributed by atoms with van der Waals surface area (Å²) in [5.41, 5.74) is 1.43. The summed E-state index contributed by atoms with van der Waals surface area (Å²) >= 11 is 0. The highest BCUT2D eigenvalue weighted by Gasteiger charge is 2.25. The molecule has 1 aliphatic rings. The first-order valence-corrected chi connectivity index (χ1v) is 5.08. The van der Waals surface area contributed by atoms with Crippen LogP contribution in [0.2, 0.25) is 0 Å². The third-order valence-corrected chi connectivity index (χ3v) is 2.03. The molecular weight excluding hydrogens is 190 g/mol. The Balaban J connectivity index is 0.000000336. The first-order valence-electron chi connectivity index (χ1n) is 5.08. The topological polar surface area (TPSA) is 37.4 Å². The molecule has 15 heavy (non-hydrogen) atoms. The predicted octanol–water partition coefficient (Wildman–Crippen LogP) is 2.03. The van der Waals surface area contributed by atoms with E-state index in [9.17, 15) is 9.59 Å². The Morgan fingerprint density at radius 1 is 1.33 bits per heavy atom. The molecule has 0 N–H and O–H groups in total. The molecule has 3 heteroatoms. The van der Waals surface area contributed by atoms with E-state index in [4.69, 9.17) is 0 Å². The number of carbonyl (C=O) groups excluding carboxylic acids is 2. The highest BCUT2D eigenvalue weighted by molar-refractivity contribution is 5.91. The average Bonchev–Trinajstić information content (AvgIpc) is 2.00. The summed E-state index contributed by atoms with van der Waals surface area (Å²) in [6, 6.07) is 0. The highest BCUT2D eigenvalue weighted by atomic mass is 16.1. The number of allylic oxidation sites excluding steroid dienone is 2. The summed E-state index contributed by atoms with van der Waals surface area (Å²) < 4.78 is 0. The van der Waals surface area contributed by atoms with Crippen LogP contribution in [0.3, 0.4) is 0 Å². The maximum absolute atomic E-state index is 11.0. The Kier molecular flexibility index (Phi) is 5.26. The Morgan fingerprint density at radius 2 is 1.80 bits per heavy atom. The SMILES string of the molecule is CC1=CC(=O)CC(C)(C)C1.CN(C)C=O. The van der Waals surface area contributed by atoms with Crippen LogP contribution in [0.1, 0.15) is 33.6 Å². The molecule has 3 nitrogen and oxygen atoms in total. The smallest absolute Gasteiger partial charge is 0.209 e. The zero-order valence-electron chi connectivity index (χ0n) is 10.3. The summed E-state index contributed by atoms with van der Waals surface area (Å²) in [5.74, 6) is 0.286. The van der Waals surface area contributed by atoms with Crippen LogP contribution in [-0.4, -0.2) is 31.2 Å². The van der Waals surface area contributed by atoms with Gasteiger partial charge in [0.15, 0.2) is 5.78 Å². The molecule has 86 valence electrons. The summed E-state index contributed by atoms with van der Waals surface area (Å²) in [6.07, 6.45) is 4.30. The van der Waals surface area contributed by atoms with Crippen molar-refractivity contribution in [3.8, 4) is 0 Å². The Labute approximate surface area is 92.1 Å². The third-order valence-electron chi connectivity index (χ3n) is 2.03. The van der Waals surface area contributed by atoms with E-state index in [2.05, 4.69) is 13.8 Å². The molecule has 1 amide bonds. The number of rotatable bonds is 1. The fourth-order valence-corrected chi connectivity index (χ4v) is 1.67. The first kappa shape index (κ1) is 13.9. The fourth-order valence-electron chi connectivity index (χ4n) is 1.67. The van der Waals surface area contributed by atoms with E-state index in [-0.39, 0.29) is 11.2 Å². The van der Waals surface area contributed by atoms with E-state index in [1.807, 2.05) is 6.92 Å². The Hall–Kier alpha value is -1.12. The van der Waals surface area contributed by atoms with Crippen molar-refractivity contribution in [2.75, 3.05) is 14.1 Å². The van der Waals surface area contributed by atoms with Gasteiger partial charge >= 0.3 is 0 Å². The lowest BCUT2D eigenvalue weighted by molar-refractivity contribution is -0.117. The highest BCUT2D eigenvalue weighted by Crippen LogP contribution is 2.32. The maximum atomic E-state index is 11.0. The molecule has 0 atom stereocenters. The van der Waals surface area contributed by atoms with Crippen molar-refractivity contribution in [2.24, 2.45) is 5.41 Å². The first-order chi connectivity index (χ1) is 6.76. The van der Waals surface area contributed by atoms with E-state index in [0.29, 0.717) is 6.42 Å². The van der Waals surface area contributed by atoms with E-state index < -0.39 is 0 Å². The van der Waals surface area contributed by atoms with Crippen LogP contribution in [0.5, 0.6) is 0 Å². The molecular formula is C12H21NO2. The van der Waals surface area contributed by atoms with Gasteiger partial charge in [-0.15, -0.1) is 0 Å². The number of nitrogens with zero attached hydrogens (tertiary/aromatic N) is 1. The third kappa shape index (κ3) is 6.89. The number of ketones is 1. The molecule has 0 saturated carbocycles. The second-order valence-corrected chi connectivity index (χ2v) is 5.04. The monoisotopic (exact) mass is 211 g/mol. The number of hydrogen-bond acceptors (Lipinski definition) is 2. The molecule has 0 aromatic rings. The zero-order chi connectivity index (χ0) is 12.1. The molecule has 0 aromatic heterocycles. The van der Waals surface area contributed by atoms with Crippen LogP contribution >= 0.6 is 0 Å². The summed E-state index contributed by atoms with van der Waals surface area (Å²) in [7, 11) is 3.38. The van der Waals surface area contributed by atoms with Gasteiger partial charge in [0.25, 0.3) is 0 Å². The number of hydrogen-bond donors (Lipinski definition) is 0. The minimum atomic E-state index is 0.204. The van der Waals surface area contributed by atoms with Crippen molar-refractivity contribution >= 4 is 12.2 Å². The van der Waals surface area contributed by atoms with Crippen molar-refractivity contribution in [1.82, 2.24) is 4.90 Å². The van der Waals surface area contributed by atoms with Crippen molar-refractivity contribution in [3.05, 3.63) is 11.6 Å². The van der Waals surface area contributed by atoms with Gasteiger partial charge in [0, 0.05) is 20.5 Å². The molecule has 0 radical (unpaired) electrons. The molecule has 0 heterocycles. The average molecular weight is 211 g/mol. The van der Waals surface area contributed by atoms with E-state index in [0.717, 1.165) is 12.8 Å². The fraction of sp³-hybridized carbons (Fsp3) is 0.667. The summed E-state index contributed by atoms with van der Waals surface area (Å²) in [5, 5.41) is 0. The van der Waals surface area contributed by atoms with E-state index >= 15 is 0 Å². The molecule has 1 rings (SSSR count). The molecule has 0 bridgehead atoms. The van der Waals surface area contributed by atoms with Gasteiger partial charge in [-0.1, -0.05) is 19.4 Å². The van der Waals surface area contributed by atoms with E-state index in [1.54, 1.807) is 20.2 Å². The van der Waals surface area contributed by atoms with Crippen LogP contribution < -0.4 is 0 Å². The standard InChI is InChI=1S/C9H14O.C3H7NO/c1-7-4-8(10)6-9(2,3)5-7;1-4(2)3-5/h4H,5-6H2,1-3H3;3H,1-2H3. The van der Waals surface area contributed by atoms with Gasteiger partial charge in [-0.3, -0.25) is 9.59 Å². The van der Waals surface area contributed by atoms with Crippen molar-refractivity contribution in [3.63, 3.8) is 0 Å². The molecule has 0 spiro atoms. The molecule has 0 fully saturated rings. The van der Waals surface area contributed by atoms with Crippen molar-refractivity contribution in [1.29, 1.82) is 0 Å². The lowest BCUT2D eigenvalue weighted by atomic mass is 9.77. The molecule has 0 aliphatic heterocycles. The van der Waals surface area contributed by atoms with Crippen LogP contribution in [-0.2, 0) is 9.59 Å². The van der Waals surface area contributed by atoms with Gasteiger partial charge in [0.05, 0.1) is 0 Å². The van der Waals surface area contributed by atoms with Gasteiger partial charge in [-0.25, -0.2) is 0 Å². The van der Waals surface area contributed by atoms with Crippen LogP contribution in [0, 0.1) is 5.41 Å². The van der Waals surface area contributed by atoms with Gasteiger partial charge in [0.1, 0.15) is 0 Å². The molecule has 0 unspecified atom stereocenters. The van der Waals surface area contributed by atoms with Gasteiger partial charge < -0.3 is 4.90 Å². The second-order valence-electron chi connectivity index (χ2n) is 5.04. The maximum Gasteiger partial charge on any atom is 0.209 e.